The highest BCUT2D eigenvalue weighted by atomic mass is 16.5. The third-order valence-electron chi connectivity index (χ3n) is 3.48. The van der Waals surface area contributed by atoms with Gasteiger partial charge in [-0.05, 0) is 19.3 Å². The Labute approximate surface area is 98.1 Å². The van der Waals surface area contributed by atoms with Crippen LogP contribution >= 0.6 is 0 Å². The number of rotatable bonds is 4. The average Bonchev–Trinajstić information content (AvgIpc) is 2.33. The Hall–Kier alpha value is -0.610. The van der Waals surface area contributed by atoms with Gasteiger partial charge in [-0.3, -0.25) is 10.3 Å². The van der Waals surface area contributed by atoms with Gasteiger partial charge in [0.2, 0.25) is 0 Å². The molecule has 0 spiro atoms. The highest BCUT2D eigenvalue weighted by molar-refractivity contribution is 5.79. The van der Waals surface area contributed by atoms with Gasteiger partial charge in [0.1, 0.15) is 0 Å². The van der Waals surface area contributed by atoms with E-state index < -0.39 is 0 Å². The van der Waals surface area contributed by atoms with Crippen LogP contribution in [0.4, 0.5) is 0 Å². The van der Waals surface area contributed by atoms with Gasteiger partial charge in [0.25, 0.3) is 0 Å². The fourth-order valence-corrected chi connectivity index (χ4v) is 2.44. The topological polar surface area (TPSA) is 39.6 Å². The molecular formula is C12H23N3O. The highest BCUT2D eigenvalue weighted by Gasteiger charge is 2.15. The van der Waals surface area contributed by atoms with Gasteiger partial charge in [-0.1, -0.05) is 0 Å². The lowest BCUT2D eigenvalue weighted by molar-refractivity contribution is 0.0367. The van der Waals surface area contributed by atoms with Crippen LogP contribution in [-0.4, -0.2) is 61.6 Å². The summed E-state index contributed by atoms with van der Waals surface area (Å²) < 4.78 is 5.33. The molecule has 2 aliphatic rings. The number of hydrogen-bond donors (Lipinski definition) is 1. The minimum absolute atomic E-state index is 0.855. The second-order valence-electron chi connectivity index (χ2n) is 4.70. The Bertz CT molecular complexity index is 226. The molecule has 0 aliphatic carbocycles. The third-order valence-corrected chi connectivity index (χ3v) is 3.48. The van der Waals surface area contributed by atoms with Crippen LogP contribution in [0.15, 0.2) is 0 Å². The summed E-state index contributed by atoms with van der Waals surface area (Å²) in [6, 6.07) is 0. The largest absolute Gasteiger partial charge is 0.379 e. The number of piperidine rings is 1. The SMILES string of the molecule is N=C1CCCCN1CCCN1CCOCC1. The molecular weight excluding hydrogens is 202 g/mol. The standard InChI is InChI=1S/C12H23N3O/c13-12-4-1-2-6-15(12)7-3-5-14-8-10-16-11-9-14/h13H,1-11H2. The average molecular weight is 225 g/mol. The number of nitrogens with one attached hydrogen (secondary N) is 1. The summed E-state index contributed by atoms with van der Waals surface area (Å²) >= 11 is 0. The number of amidine groups is 1. The van der Waals surface area contributed by atoms with Crippen molar-refractivity contribution in [2.75, 3.05) is 45.9 Å². The Morgan fingerprint density at radius 1 is 1.06 bits per heavy atom. The van der Waals surface area contributed by atoms with Crippen LogP contribution in [0.5, 0.6) is 0 Å². The van der Waals surface area contributed by atoms with E-state index in [1.807, 2.05) is 0 Å². The number of morpholine rings is 1. The molecule has 0 saturated carbocycles. The van der Waals surface area contributed by atoms with Gasteiger partial charge in [0, 0.05) is 39.1 Å². The van der Waals surface area contributed by atoms with E-state index in [0.717, 1.165) is 58.2 Å². The monoisotopic (exact) mass is 225 g/mol. The number of nitrogens with zero attached hydrogens (tertiary/aromatic N) is 2. The summed E-state index contributed by atoms with van der Waals surface area (Å²) in [5.41, 5.74) is 0. The van der Waals surface area contributed by atoms with Gasteiger partial charge < -0.3 is 9.64 Å². The maximum absolute atomic E-state index is 7.86. The van der Waals surface area contributed by atoms with Gasteiger partial charge in [0.15, 0.2) is 0 Å². The zero-order valence-electron chi connectivity index (χ0n) is 10.1. The first kappa shape index (κ1) is 11.9. The summed E-state index contributed by atoms with van der Waals surface area (Å²) in [4.78, 5) is 4.72. The van der Waals surface area contributed by atoms with Crippen LogP contribution < -0.4 is 0 Å². The first-order chi connectivity index (χ1) is 7.86. The van der Waals surface area contributed by atoms with Crippen molar-refractivity contribution in [3.8, 4) is 0 Å². The highest BCUT2D eigenvalue weighted by Crippen LogP contribution is 2.11. The lowest BCUT2D eigenvalue weighted by Crippen LogP contribution is -2.40. The Morgan fingerprint density at radius 3 is 2.62 bits per heavy atom. The van der Waals surface area contributed by atoms with Crippen molar-refractivity contribution in [2.24, 2.45) is 0 Å². The molecule has 0 aromatic heterocycles. The molecule has 2 aliphatic heterocycles. The molecule has 1 N–H and O–H groups in total. The van der Waals surface area contributed by atoms with Crippen molar-refractivity contribution in [3.05, 3.63) is 0 Å². The van der Waals surface area contributed by atoms with E-state index in [9.17, 15) is 0 Å². The van der Waals surface area contributed by atoms with Gasteiger partial charge in [0.05, 0.1) is 19.0 Å². The molecule has 2 saturated heterocycles. The molecule has 2 fully saturated rings. The predicted octanol–water partition coefficient (Wildman–Crippen LogP) is 1.17. The molecule has 0 bridgehead atoms. The van der Waals surface area contributed by atoms with Crippen LogP contribution in [-0.2, 0) is 4.74 Å². The molecule has 2 rings (SSSR count). The molecule has 0 radical (unpaired) electrons. The van der Waals surface area contributed by atoms with E-state index >= 15 is 0 Å². The molecule has 0 aromatic carbocycles. The predicted molar refractivity (Wildman–Crippen MR) is 65.0 cm³/mol. The van der Waals surface area contributed by atoms with Crippen molar-refractivity contribution in [1.29, 1.82) is 5.41 Å². The fraction of sp³-hybridized carbons (Fsp3) is 0.917. The quantitative estimate of drug-likeness (QED) is 0.780. The number of hydrogen-bond acceptors (Lipinski definition) is 3. The van der Waals surface area contributed by atoms with Gasteiger partial charge >= 0.3 is 0 Å². The summed E-state index contributed by atoms with van der Waals surface area (Å²) in [7, 11) is 0. The molecule has 4 nitrogen and oxygen atoms in total. The van der Waals surface area contributed by atoms with E-state index in [0.29, 0.717) is 0 Å². The molecule has 0 atom stereocenters. The summed E-state index contributed by atoms with van der Waals surface area (Å²) in [5, 5.41) is 7.86. The van der Waals surface area contributed by atoms with E-state index in [-0.39, 0.29) is 0 Å². The number of ether oxygens (including phenoxy) is 1. The zero-order chi connectivity index (χ0) is 11.2. The number of likely N-dealkylation sites (tertiary alicyclic amines) is 1. The minimum atomic E-state index is 0.855. The maximum atomic E-state index is 7.86. The third kappa shape index (κ3) is 3.46. The lowest BCUT2D eigenvalue weighted by Gasteiger charge is -2.31. The molecule has 4 heteroatoms. The minimum Gasteiger partial charge on any atom is -0.379 e. The first-order valence-corrected chi connectivity index (χ1v) is 6.49. The first-order valence-electron chi connectivity index (χ1n) is 6.49. The van der Waals surface area contributed by atoms with Gasteiger partial charge in [-0.15, -0.1) is 0 Å². The maximum Gasteiger partial charge on any atom is 0.0957 e. The second kappa shape index (κ2) is 6.21. The van der Waals surface area contributed by atoms with Crippen LogP contribution in [0.2, 0.25) is 0 Å². The summed E-state index contributed by atoms with van der Waals surface area (Å²) in [6.07, 6.45) is 4.64. The molecule has 16 heavy (non-hydrogen) atoms. The van der Waals surface area contributed by atoms with E-state index in [2.05, 4.69) is 9.80 Å². The van der Waals surface area contributed by atoms with Crippen molar-refractivity contribution < 1.29 is 4.74 Å². The fourth-order valence-electron chi connectivity index (χ4n) is 2.44. The van der Waals surface area contributed by atoms with E-state index in [4.69, 9.17) is 10.1 Å². The lowest BCUT2D eigenvalue weighted by atomic mass is 10.1. The van der Waals surface area contributed by atoms with E-state index in [1.54, 1.807) is 0 Å². The summed E-state index contributed by atoms with van der Waals surface area (Å²) in [6.45, 7) is 7.26. The molecule has 0 aromatic rings. The van der Waals surface area contributed by atoms with Crippen LogP contribution in [0.1, 0.15) is 25.7 Å². The van der Waals surface area contributed by atoms with Crippen LogP contribution in [0.25, 0.3) is 0 Å². The van der Waals surface area contributed by atoms with Crippen molar-refractivity contribution in [3.63, 3.8) is 0 Å². The van der Waals surface area contributed by atoms with Crippen molar-refractivity contribution >= 4 is 5.84 Å². The Balaban J connectivity index is 1.61. The molecule has 92 valence electrons. The Morgan fingerprint density at radius 2 is 1.88 bits per heavy atom. The van der Waals surface area contributed by atoms with E-state index in [1.165, 1.54) is 19.3 Å². The molecule has 2 heterocycles. The molecule has 0 amide bonds. The smallest absolute Gasteiger partial charge is 0.0957 e. The van der Waals surface area contributed by atoms with Crippen LogP contribution in [0, 0.1) is 5.41 Å². The normalized spacial score (nSPS) is 23.8. The van der Waals surface area contributed by atoms with Crippen molar-refractivity contribution in [2.45, 2.75) is 25.7 Å². The van der Waals surface area contributed by atoms with Crippen LogP contribution in [0.3, 0.4) is 0 Å². The van der Waals surface area contributed by atoms with Crippen molar-refractivity contribution in [1.82, 2.24) is 9.80 Å². The Kier molecular flexibility index (Phi) is 4.60. The summed E-state index contributed by atoms with van der Waals surface area (Å²) in [5.74, 6) is 0.855. The van der Waals surface area contributed by atoms with Gasteiger partial charge in [-0.2, -0.15) is 0 Å². The zero-order valence-corrected chi connectivity index (χ0v) is 10.1. The second-order valence-corrected chi connectivity index (χ2v) is 4.70. The molecule has 0 unspecified atom stereocenters. The van der Waals surface area contributed by atoms with Gasteiger partial charge in [-0.25, -0.2) is 0 Å².